The molecule has 1 amide bonds. The fourth-order valence-corrected chi connectivity index (χ4v) is 6.12. The Morgan fingerprint density at radius 3 is 2.78 bits per heavy atom. The van der Waals surface area contributed by atoms with Crippen molar-refractivity contribution in [2.75, 3.05) is 22.6 Å². The molecule has 1 unspecified atom stereocenters. The van der Waals surface area contributed by atoms with Gasteiger partial charge in [0.25, 0.3) is 5.56 Å². The Kier molecular flexibility index (Phi) is 4.29. The van der Waals surface area contributed by atoms with Crippen LogP contribution in [0, 0.1) is 0 Å². The lowest BCUT2D eigenvalue weighted by Crippen LogP contribution is -2.22. The van der Waals surface area contributed by atoms with E-state index in [1.54, 1.807) is 11.3 Å². The van der Waals surface area contributed by atoms with Gasteiger partial charge in [0.2, 0.25) is 5.91 Å². The molecule has 2 aliphatic heterocycles. The third-order valence-electron chi connectivity index (χ3n) is 4.27. The van der Waals surface area contributed by atoms with E-state index in [-0.39, 0.29) is 22.8 Å². The van der Waals surface area contributed by atoms with E-state index in [0.29, 0.717) is 17.1 Å². The molecule has 2 aliphatic rings. The fourth-order valence-electron chi connectivity index (χ4n) is 3.15. The predicted molar refractivity (Wildman–Crippen MR) is 97.9 cm³/mol. The number of H-pyrrole nitrogens is 1. The van der Waals surface area contributed by atoms with Gasteiger partial charge < -0.3 is 5.32 Å². The quantitative estimate of drug-likeness (QED) is 0.856. The molecule has 1 saturated heterocycles. The Bertz CT molecular complexity index is 760. The van der Waals surface area contributed by atoms with E-state index >= 15 is 0 Å². The summed E-state index contributed by atoms with van der Waals surface area (Å²) in [5, 5.41) is 9.95. The highest BCUT2D eigenvalue weighted by Crippen LogP contribution is 2.41. The molecule has 8 heteroatoms. The maximum absolute atomic E-state index is 12.6. The van der Waals surface area contributed by atoms with E-state index < -0.39 is 0 Å². The van der Waals surface area contributed by atoms with Gasteiger partial charge in [-0.15, -0.1) is 11.8 Å². The highest BCUT2D eigenvalue weighted by Gasteiger charge is 2.32. The number of aromatic amines is 1. The van der Waals surface area contributed by atoms with Gasteiger partial charge in [-0.2, -0.15) is 23.1 Å². The zero-order valence-corrected chi connectivity index (χ0v) is 14.9. The van der Waals surface area contributed by atoms with Gasteiger partial charge in [0.05, 0.1) is 22.6 Å². The van der Waals surface area contributed by atoms with Crippen LogP contribution in [-0.4, -0.2) is 32.9 Å². The second-order valence-corrected chi connectivity index (χ2v) is 8.81. The molecule has 5 nitrogen and oxygen atoms in total. The van der Waals surface area contributed by atoms with Crippen LogP contribution < -0.4 is 10.9 Å². The molecule has 122 valence electrons. The van der Waals surface area contributed by atoms with Crippen molar-refractivity contribution in [2.45, 2.75) is 24.1 Å². The van der Waals surface area contributed by atoms with Crippen LogP contribution in [0.25, 0.3) is 0 Å². The number of hydrogen-bond acceptors (Lipinski definition) is 5. The second kappa shape index (κ2) is 6.41. The molecule has 4 rings (SSSR count). The van der Waals surface area contributed by atoms with Gasteiger partial charge in [0, 0.05) is 0 Å². The smallest absolute Gasteiger partial charge is 0.270 e. The van der Waals surface area contributed by atoms with Crippen molar-refractivity contribution in [2.24, 2.45) is 0 Å². The number of rotatable bonds is 2. The summed E-state index contributed by atoms with van der Waals surface area (Å²) in [7, 11) is 0. The van der Waals surface area contributed by atoms with Crippen molar-refractivity contribution < 1.29 is 4.79 Å². The van der Waals surface area contributed by atoms with Crippen molar-refractivity contribution in [3.63, 3.8) is 0 Å². The maximum Gasteiger partial charge on any atom is 0.270 e. The summed E-state index contributed by atoms with van der Waals surface area (Å²) < 4.78 is 1.92. The summed E-state index contributed by atoms with van der Waals surface area (Å²) in [6.45, 7) is 0. The van der Waals surface area contributed by atoms with Crippen LogP contribution in [-0.2, 0) is 4.79 Å². The second-order valence-electron chi connectivity index (χ2n) is 5.71. The first-order valence-corrected chi connectivity index (χ1v) is 10.7. The number of nitrogens with one attached hydrogen (secondary N) is 2. The first-order valence-electron chi connectivity index (χ1n) is 7.59. The lowest BCUT2D eigenvalue weighted by atomic mass is 10.1. The van der Waals surface area contributed by atoms with Gasteiger partial charge in [0.1, 0.15) is 5.82 Å². The molecule has 0 aliphatic carbocycles. The number of fused-ring (bicyclic) bond motifs is 1. The number of carbonyl (C=O) groups excluding carboxylic acids is 1. The molecule has 23 heavy (non-hydrogen) atoms. The van der Waals surface area contributed by atoms with Crippen LogP contribution >= 0.6 is 34.9 Å². The normalized spacial score (nSPS) is 22.4. The summed E-state index contributed by atoms with van der Waals surface area (Å²) in [4.78, 5) is 24.8. The van der Waals surface area contributed by atoms with Crippen LogP contribution in [0.2, 0.25) is 0 Å². The SMILES string of the molecule is O=C1CSC(c2ccsc2)c2c(n(C3CCSCC3)[nH]c2=O)N1. The fraction of sp³-hybridized carbons (Fsp3) is 0.467. The molecule has 1 atom stereocenters. The number of amides is 1. The van der Waals surface area contributed by atoms with E-state index in [2.05, 4.69) is 15.8 Å². The zero-order chi connectivity index (χ0) is 15.8. The summed E-state index contributed by atoms with van der Waals surface area (Å²) in [5.41, 5.74) is 1.71. The average Bonchev–Trinajstić information content (AvgIpc) is 3.15. The van der Waals surface area contributed by atoms with Crippen molar-refractivity contribution in [1.82, 2.24) is 9.78 Å². The van der Waals surface area contributed by atoms with Crippen LogP contribution in [0.15, 0.2) is 21.6 Å². The molecule has 0 saturated carbocycles. The van der Waals surface area contributed by atoms with Crippen molar-refractivity contribution in [3.05, 3.63) is 38.3 Å². The van der Waals surface area contributed by atoms with Crippen LogP contribution in [0.5, 0.6) is 0 Å². The number of thioether (sulfide) groups is 2. The van der Waals surface area contributed by atoms with Gasteiger partial charge in [-0.1, -0.05) is 0 Å². The van der Waals surface area contributed by atoms with Crippen LogP contribution in [0.4, 0.5) is 5.82 Å². The van der Waals surface area contributed by atoms with Gasteiger partial charge in [-0.05, 0) is 46.7 Å². The summed E-state index contributed by atoms with van der Waals surface area (Å²) in [6.07, 6.45) is 2.04. The van der Waals surface area contributed by atoms with Crippen molar-refractivity contribution in [3.8, 4) is 0 Å². The largest absolute Gasteiger partial charge is 0.310 e. The molecule has 2 aromatic rings. The Morgan fingerprint density at radius 2 is 2.04 bits per heavy atom. The lowest BCUT2D eigenvalue weighted by molar-refractivity contribution is -0.113. The third kappa shape index (κ3) is 2.88. The van der Waals surface area contributed by atoms with E-state index in [4.69, 9.17) is 0 Å². The van der Waals surface area contributed by atoms with Crippen LogP contribution in [0.1, 0.15) is 35.3 Å². The molecular weight excluding hydrogens is 350 g/mol. The van der Waals surface area contributed by atoms with E-state index in [1.165, 1.54) is 11.8 Å². The summed E-state index contributed by atoms with van der Waals surface area (Å²) in [6, 6.07) is 2.30. The Labute approximate surface area is 146 Å². The highest BCUT2D eigenvalue weighted by atomic mass is 32.2. The molecule has 0 spiro atoms. The molecule has 4 heterocycles. The topological polar surface area (TPSA) is 66.9 Å². The van der Waals surface area contributed by atoms with E-state index in [9.17, 15) is 9.59 Å². The third-order valence-corrected chi connectivity index (χ3v) is 7.29. The predicted octanol–water partition coefficient (Wildman–Crippen LogP) is 3.08. The molecule has 0 aromatic carbocycles. The van der Waals surface area contributed by atoms with Gasteiger partial charge >= 0.3 is 0 Å². The average molecular weight is 368 g/mol. The van der Waals surface area contributed by atoms with Crippen LogP contribution in [0.3, 0.4) is 0 Å². The standard InChI is InChI=1S/C15H17N3O2S3/c19-11-8-23-13(9-1-4-22-7-9)12-14(16-11)18(17-15(12)20)10-2-5-21-6-3-10/h1,4,7,10,13H,2-3,5-6,8H2,(H,16,19)(H,17,20). The first kappa shape index (κ1) is 15.4. The van der Waals surface area contributed by atoms with Gasteiger partial charge in [-0.3, -0.25) is 19.4 Å². The minimum absolute atomic E-state index is 0.0353. The van der Waals surface area contributed by atoms with Gasteiger partial charge in [0.15, 0.2) is 0 Å². The number of aromatic nitrogens is 2. The Balaban J connectivity index is 1.82. The molecule has 2 aromatic heterocycles. The highest BCUT2D eigenvalue weighted by molar-refractivity contribution is 8.00. The zero-order valence-electron chi connectivity index (χ0n) is 12.4. The number of carbonyl (C=O) groups is 1. The minimum Gasteiger partial charge on any atom is -0.310 e. The van der Waals surface area contributed by atoms with E-state index in [1.807, 2.05) is 27.9 Å². The summed E-state index contributed by atoms with van der Waals surface area (Å²) >= 11 is 5.08. The molecule has 1 fully saturated rings. The first-order chi connectivity index (χ1) is 11.2. The van der Waals surface area contributed by atoms with Crippen molar-refractivity contribution in [1.29, 1.82) is 0 Å². The molecule has 0 radical (unpaired) electrons. The lowest BCUT2D eigenvalue weighted by Gasteiger charge is -2.24. The Morgan fingerprint density at radius 1 is 1.22 bits per heavy atom. The summed E-state index contributed by atoms with van der Waals surface area (Å²) in [5.74, 6) is 3.20. The monoisotopic (exact) mass is 367 g/mol. The van der Waals surface area contributed by atoms with Gasteiger partial charge in [-0.25, -0.2) is 0 Å². The number of hydrogen-bond donors (Lipinski definition) is 2. The number of nitrogens with zero attached hydrogens (tertiary/aromatic N) is 1. The molecule has 2 N–H and O–H groups in total. The van der Waals surface area contributed by atoms with Crippen molar-refractivity contribution >= 4 is 46.6 Å². The number of anilines is 1. The van der Waals surface area contributed by atoms with E-state index in [0.717, 1.165) is 29.9 Å². The minimum atomic E-state index is -0.0850. The maximum atomic E-state index is 12.6. The Hall–Kier alpha value is -1.12. The number of thiophene rings is 1. The molecule has 0 bridgehead atoms. The molecular formula is C15H17N3O2S3.